The van der Waals surface area contributed by atoms with Crippen LogP contribution in [0.25, 0.3) is 11.2 Å². The van der Waals surface area contributed by atoms with Crippen molar-refractivity contribution < 1.29 is 4.74 Å². The first-order chi connectivity index (χ1) is 10.1. The molecule has 6 heteroatoms. The molecule has 3 rings (SSSR count). The Hall–Kier alpha value is -1.59. The van der Waals surface area contributed by atoms with E-state index in [9.17, 15) is 0 Å². The van der Waals surface area contributed by atoms with E-state index in [1.54, 1.807) is 18.4 Å². The zero-order valence-electron chi connectivity index (χ0n) is 12.1. The van der Waals surface area contributed by atoms with Crippen molar-refractivity contribution in [2.45, 2.75) is 25.8 Å². The van der Waals surface area contributed by atoms with Gasteiger partial charge in [0.2, 0.25) is 5.88 Å². The second-order valence-corrected chi connectivity index (χ2v) is 6.91. The molecule has 0 bridgehead atoms. The molecule has 0 N–H and O–H groups in total. The van der Waals surface area contributed by atoms with Crippen molar-refractivity contribution in [2.75, 3.05) is 7.11 Å². The van der Waals surface area contributed by atoms with E-state index in [1.165, 1.54) is 9.75 Å². The molecule has 0 fully saturated rings. The Morgan fingerprint density at radius 1 is 1.29 bits per heavy atom. The second-order valence-electron chi connectivity index (χ2n) is 4.88. The van der Waals surface area contributed by atoms with E-state index >= 15 is 0 Å². The first-order valence-electron chi connectivity index (χ1n) is 6.69. The van der Waals surface area contributed by atoms with Gasteiger partial charge in [0.15, 0.2) is 5.65 Å². The van der Waals surface area contributed by atoms with E-state index in [0.717, 1.165) is 23.5 Å². The number of imidazole rings is 1. The summed E-state index contributed by atoms with van der Waals surface area (Å²) in [5.41, 5.74) is 1.65. The summed E-state index contributed by atoms with van der Waals surface area (Å²) in [6.07, 6.45) is 0. The zero-order valence-corrected chi connectivity index (χ0v) is 13.7. The smallest absolute Gasteiger partial charge is 0.215 e. The third kappa shape index (κ3) is 2.76. The van der Waals surface area contributed by atoms with Crippen molar-refractivity contribution in [3.8, 4) is 5.88 Å². The van der Waals surface area contributed by atoms with Crippen LogP contribution < -0.4 is 4.74 Å². The van der Waals surface area contributed by atoms with E-state index < -0.39 is 0 Å². The Bertz CT molecular complexity index is 778. The van der Waals surface area contributed by atoms with Crippen molar-refractivity contribution >= 4 is 34.1 Å². The van der Waals surface area contributed by atoms with Crippen LogP contribution >= 0.6 is 22.9 Å². The number of ether oxygens (including phenoxy) is 1. The summed E-state index contributed by atoms with van der Waals surface area (Å²) in [4.78, 5) is 11.7. The summed E-state index contributed by atoms with van der Waals surface area (Å²) in [6.45, 7) is 4.75. The third-order valence-corrected chi connectivity index (χ3v) is 4.45. The van der Waals surface area contributed by atoms with Gasteiger partial charge >= 0.3 is 0 Å². The molecular formula is C15H16ClN3OS. The van der Waals surface area contributed by atoms with Crippen molar-refractivity contribution in [3.05, 3.63) is 39.8 Å². The van der Waals surface area contributed by atoms with Gasteiger partial charge in [-0.05, 0) is 32.0 Å². The van der Waals surface area contributed by atoms with Gasteiger partial charge in [0.1, 0.15) is 11.3 Å². The molecule has 0 aliphatic heterocycles. The molecule has 110 valence electrons. The highest BCUT2D eigenvalue weighted by molar-refractivity contribution is 7.11. The predicted octanol–water partition coefficient (Wildman–Crippen LogP) is 4.16. The number of fused-ring (bicyclic) bond motifs is 1. The number of thiophene rings is 1. The predicted molar refractivity (Wildman–Crippen MR) is 86.5 cm³/mol. The Labute approximate surface area is 132 Å². The first-order valence-corrected chi connectivity index (χ1v) is 7.94. The molecule has 21 heavy (non-hydrogen) atoms. The van der Waals surface area contributed by atoms with Gasteiger partial charge in [0, 0.05) is 15.8 Å². The Morgan fingerprint density at radius 2 is 2.10 bits per heavy atom. The van der Waals surface area contributed by atoms with Crippen LogP contribution in [0, 0.1) is 6.92 Å². The molecule has 3 aromatic heterocycles. The maximum atomic E-state index is 6.29. The number of halogens is 1. The van der Waals surface area contributed by atoms with Crippen LogP contribution in [0.2, 0.25) is 0 Å². The lowest BCUT2D eigenvalue weighted by Crippen LogP contribution is -2.05. The normalized spacial score (nSPS) is 12.8. The fourth-order valence-corrected chi connectivity index (χ4v) is 3.35. The number of methoxy groups -OCH3 is 1. The molecule has 1 unspecified atom stereocenters. The van der Waals surface area contributed by atoms with Crippen molar-refractivity contribution in [3.63, 3.8) is 0 Å². The van der Waals surface area contributed by atoms with Crippen LogP contribution in [0.3, 0.4) is 0 Å². The average molecular weight is 322 g/mol. The standard InChI is InChI=1S/C15H16ClN3OS/c1-9-4-5-11(21-9)8-19-14(10(2)16)17-12-6-7-13(20-3)18-15(12)19/h4-7,10H,8H2,1-3H3. The molecule has 0 spiro atoms. The molecule has 0 saturated carbocycles. The lowest BCUT2D eigenvalue weighted by atomic mass is 10.4. The fraction of sp³-hybridized carbons (Fsp3) is 0.333. The number of pyridine rings is 1. The van der Waals surface area contributed by atoms with Crippen LogP contribution in [0.4, 0.5) is 0 Å². The Balaban J connectivity index is 2.14. The van der Waals surface area contributed by atoms with Crippen molar-refractivity contribution in [1.29, 1.82) is 0 Å². The van der Waals surface area contributed by atoms with Crippen LogP contribution in [0.15, 0.2) is 24.3 Å². The summed E-state index contributed by atoms with van der Waals surface area (Å²) in [5, 5.41) is -0.175. The molecule has 0 aromatic carbocycles. The van der Waals surface area contributed by atoms with Gasteiger partial charge in [-0.15, -0.1) is 22.9 Å². The van der Waals surface area contributed by atoms with Gasteiger partial charge in [-0.1, -0.05) is 0 Å². The number of aryl methyl sites for hydroxylation is 1. The van der Waals surface area contributed by atoms with Crippen LogP contribution in [0.1, 0.15) is 27.9 Å². The summed E-state index contributed by atoms with van der Waals surface area (Å²) in [7, 11) is 1.61. The van der Waals surface area contributed by atoms with Crippen LogP contribution in [0.5, 0.6) is 5.88 Å². The highest BCUT2D eigenvalue weighted by Gasteiger charge is 2.17. The van der Waals surface area contributed by atoms with Gasteiger partial charge < -0.3 is 9.30 Å². The molecule has 3 heterocycles. The fourth-order valence-electron chi connectivity index (χ4n) is 2.30. The van der Waals surface area contributed by atoms with Crippen LogP contribution in [-0.2, 0) is 6.54 Å². The van der Waals surface area contributed by atoms with E-state index in [4.69, 9.17) is 16.3 Å². The quantitative estimate of drug-likeness (QED) is 0.677. The summed E-state index contributed by atoms with van der Waals surface area (Å²) in [6, 6.07) is 7.99. The number of alkyl halides is 1. The van der Waals surface area contributed by atoms with Crippen LogP contribution in [-0.4, -0.2) is 21.6 Å². The maximum absolute atomic E-state index is 6.29. The number of hydrogen-bond acceptors (Lipinski definition) is 4. The molecule has 0 saturated heterocycles. The van der Waals surface area contributed by atoms with E-state index in [0.29, 0.717) is 5.88 Å². The molecule has 0 aliphatic rings. The Kier molecular flexibility index (Phi) is 3.87. The molecule has 0 radical (unpaired) electrons. The molecule has 0 aliphatic carbocycles. The minimum absolute atomic E-state index is 0.175. The average Bonchev–Trinajstić information content (AvgIpc) is 3.03. The molecule has 1 atom stereocenters. The highest BCUT2D eigenvalue weighted by Crippen LogP contribution is 2.27. The Morgan fingerprint density at radius 3 is 2.71 bits per heavy atom. The van der Waals surface area contributed by atoms with Gasteiger partial charge in [-0.25, -0.2) is 4.98 Å². The number of hydrogen-bond donors (Lipinski definition) is 0. The number of nitrogens with zero attached hydrogens (tertiary/aromatic N) is 3. The molecular weight excluding hydrogens is 306 g/mol. The van der Waals surface area contributed by atoms with E-state index in [1.807, 2.05) is 19.1 Å². The first kappa shape index (κ1) is 14.4. The van der Waals surface area contributed by atoms with E-state index in [-0.39, 0.29) is 5.38 Å². The summed E-state index contributed by atoms with van der Waals surface area (Å²) >= 11 is 8.06. The van der Waals surface area contributed by atoms with Gasteiger partial charge in [0.05, 0.1) is 19.0 Å². The largest absolute Gasteiger partial charge is 0.481 e. The lowest BCUT2D eigenvalue weighted by molar-refractivity contribution is 0.399. The zero-order chi connectivity index (χ0) is 15.0. The highest BCUT2D eigenvalue weighted by atomic mass is 35.5. The minimum Gasteiger partial charge on any atom is -0.481 e. The molecule has 4 nitrogen and oxygen atoms in total. The second kappa shape index (κ2) is 5.66. The van der Waals surface area contributed by atoms with Gasteiger partial charge in [-0.2, -0.15) is 4.98 Å². The monoisotopic (exact) mass is 321 g/mol. The summed E-state index contributed by atoms with van der Waals surface area (Å²) in [5.74, 6) is 1.42. The topological polar surface area (TPSA) is 39.9 Å². The van der Waals surface area contributed by atoms with Crippen molar-refractivity contribution in [2.24, 2.45) is 0 Å². The number of aromatic nitrogens is 3. The third-order valence-electron chi connectivity index (χ3n) is 3.27. The SMILES string of the molecule is COc1ccc2nc(C(C)Cl)n(Cc3ccc(C)s3)c2n1. The summed E-state index contributed by atoms with van der Waals surface area (Å²) < 4.78 is 7.29. The molecule has 3 aromatic rings. The van der Waals surface area contributed by atoms with E-state index in [2.05, 4.69) is 33.6 Å². The lowest BCUT2D eigenvalue weighted by Gasteiger charge is -2.09. The maximum Gasteiger partial charge on any atom is 0.215 e. The van der Waals surface area contributed by atoms with Gasteiger partial charge in [0.25, 0.3) is 0 Å². The van der Waals surface area contributed by atoms with Crippen molar-refractivity contribution in [1.82, 2.24) is 14.5 Å². The van der Waals surface area contributed by atoms with Gasteiger partial charge in [-0.3, -0.25) is 0 Å². The molecule has 0 amide bonds. The minimum atomic E-state index is -0.175. The number of rotatable bonds is 4.